The van der Waals surface area contributed by atoms with Crippen molar-refractivity contribution in [2.75, 3.05) is 39.3 Å². The van der Waals surface area contributed by atoms with E-state index in [-0.39, 0.29) is 11.8 Å². The summed E-state index contributed by atoms with van der Waals surface area (Å²) in [5, 5.41) is 0. The number of para-hydroxylation sites is 1. The topological polar surface area (TPSA) is 66.0 Å². The van der Waals surface area contributed by atoms with Gasteiger partial charge in [-0.1, -0.05) is 78.9 Å². The number of piperidine rings is 1. The van der Waals surface area contributed by atoms with E-state index in [1.165, 1.54) is 0 Å². The Morgan fingerprint density at radius 2 is 1.00 bits per heavy atom. The highest BCUT2D eigenvalue weighted by atomic mass is 16.5. The van der Waals surface area contributed by atoms with Gasteiger partial charge in [0.15, 0.2) is 0 Å². The first-order valence-corrected chi connectivity index (χ1v) is 16.4. The van der Waals surface area contributed by atoms with Gasteiger partial charge in [0.2, 0.25) is 0 Å². The lowest BCUT2D eigenvalue weighted by Crippen LogP contribution is -2.54. The van der Waals surface area contributed by atoms with Crippen molar-refractivity contribution in [1.29, 1.82) is 0 Å². The van der Waals surface area contributed by atoms with Crippen molar-refractivity contribution in [1.82, 2.24) is 19.7 Å². The van der Waals surface area contributed by atoms with Crippen LogP contribution >= 0.6 is 0 Å². The number of benzene rings is 4. The van der Waals surface area contributed by atoms with E-state index >= 15 is 0 Å². The number of aromatic nitrogens is 1. The predicted molar refractivity (Wildman–Crippen MR) is 184 cm³/mol. The van der Waals surface area contributed by atoms with Gasteiger partial charge in [0.05, 0.1) is 11.4 Å². The van der Waals surface area contributed by atoms with Gasteiger partial charge < -0.3 is 14.5 Å². The summed E-state index contributed by atoms with van der Waals surface area (Å²) in [4.78, 5) is 38.4. The van der Waals surface area contributed by atoms with E-state index in [0.717, 1.165) is 67.3 Å². The first kappa shape index (κ1) is 30.4. The van der Waals surface area contributed by atoms with Gasteiger partial charge in [0.25, 0.3) is 11.8 Å². The Morgan fingerprint density at radius 3 is 1.55 bits per heavy atom. The first-order valence-electron chi connectivity index (χ1n) is 16.4. The largest absolute Gasteiger partial charge is 0.457 e. The fourth-order valence-electron chi connectivity index (χ4n) is 6.55. The summed E-state index contributed by atoms with van der Waals surface area (Å²) < 4.78 is 5.88. The van der Waals surface area contributed by atoms with E-state index in [2.05, 4.69) is 4.90 Å². The number of piperazine rings is 1. The van der Waals surface area contributed by atoms with Crippen molar-refractivity contribution in [2.24, 2.45) is 0 Å². The molecule has 47 heavy (non-hydrogen) atoms. The summed E-state index contributed by atoms with van der Waals surface area (Å²) in [5.74, 6) is 1.58. The van der Waals surface area contributed by atoms with Gasteiger partial charge in [0.1, 0.15) is 11.5 Å². The van der Waals surface area contributed by atoms with Gasteiger partial charge in [-0.05, 0) is 61.4 Å². The fourth-order valence-corrected chi connectivity index (χ4v) is 6.55. The Balaban J connectivity index is 0.945. The standard InChI is InChI=1S/C40H38N4O3/c45-39(32-16-18-36(19-17-32)47-35-14-8-3-9-15-35)43-22-20-34(21-23-43)42-24-26-44(27-25-42)40(46)33-28-37(30-10-4-1-5-11-30)41-38(29-33)31-12-6-2-7-13-31/h1-19,28-29,34H,20-27H2. The SMILES string of the molecule is O=C(c1ccc(Oc2ccccc2)cc1)N1CCC(N2CCN(C(=O)c3cc(-c4ccccc4)nc(-c4ccccc4)c3)CC2)CC1. The van der Waals surface area contributed by atoms with E-state index in [9.17, 15) is 9.59 Å². The van der Waals surface area contributed by atoms with Crippen molar-refractivity contribution >= 4 is 11.8 Å². The molecule has 0 spiro atoms. The van der Waals surface area contributed by atoms with Crippen molar-refractivity contribution in [3.05, 3.63) is 139 Å². The number of pyridine rings is 1. The van der Waals surface area contributed by atoms with Gasteiger partial charge in [-0.3, -0.25) is 14.5 Å². The van der Waals surface area contributed by atoms with E-state index < -0.39 is 0 Å². The quantitative estimate of drug-likeness (QED) is 0.191. The molecule has 2 amide bonds. The maximum Gasteiger partial charge on any atom is 0.254 e. The van der Waals surface area contributed by atoms with Crippen molar-refractivity contribution in [3.63, 3.8) is 0 Å². The van der Waals surface area contributed by atoms with Gasteiger partial charge in [-0.15, -0.1) is 0 Å². The molecule has 4 aromatic carbocycles. The van der Waals surface area contributed by atoms with E-state index in [4.69, 9.17) is 9.72 Å². The molecule has 2 saturated heterocycles. The Labute approximate surface area is 276 Å². The van der Waals surface area contributed by atoms with Crippen LogP contribution in [0.5, 0.6) is 11.5 Å². The van der Waals surface area contributed by atoms with E-state index in [1.807, 2.05) is 137 Å². The normalized spacial score (nSPS) is 15.7. The number of rotatable bonds is 7. The lowest BCUT2D eigenvalue weighted by Gasteiger charge is -2.42. The minimum Gasteiger partial charge on any atom is -0.457 e. The molecule has 7 nitrogen and oxygen atoms in total. The Hall–Kier alpha value is -5.27. The summed E-state index contributed by atoms with van der Waals surface area (Å²) in [6.07, 6.45) is 1.86. The molecule has 0 radical (unpaired) electrons. The van der Waals surface area contributed by atoms with Crippen molar-refractivity contribution in [2.45, 2.75) is 18.9 Å². The third-order valence-electron chi connectivity index (χ3n) is 9.16. The molecule has 0 N–H and O–H groups in total. The highest BCUT2D eigenvalue weighted by Crippen LogP contribution is 2.27. The minimum absolute atomic E-state index is 0.0435. The molecular formula is C40H38N4O3. The molecule has 236 valence electrons. The lowest BCUT2D eigenvalue weighted by molar-refractivity contribution is 0.0412. The molecule has 1 aromatic heterocycles. The van der Waals surface area contributed by atoms with Crippen LogP contribution in [0.3, 0.4) is 0 Å². The number of amides is 2. The fraction of sp³-hybridized carbons (Fsp3) is 0.225. The van der Waals surface area contributed by atoms with E-state index in [0.29, 0.717) is 36.0 Å². The highest BCUT2D eigenvalue weighted by molar-refractivity contribution is 5.96. The number of likely N-dealkylation sites (tertiary alicyclic amines) is 1. The highest BCUT2D eigenvalue weighted by Gasteiger charge is 2.31. The average Bonchev–Trinajstić information content (AvgIpc) is 3.15. The zero-order valence-corrected chi connectivity index (χ0v) is 26.4. The molecule has 0 unspecified atom stereocenters. The zero-order chi connectivity index (χ0) is 32.0. The number of hydrogen-bond acceptors (Lipinski definition) is 5. The summed E-state index contributed by atoms with van der Waals surface area (Å²) in [6, 6.07) is 41.3. The maximum atomic E-state index is 13.8. The number of carbonyl (C=O) groups excluding carboxylic acids is 2. The van der Waals surface area contributed by atoms with Gasteiger partial charge in [-0.25, -0.2) is 4.98 Å². The van der Waals surface area contributed by atoms with Crippen LogP contribution in [-0.2, 0) is 0 Å². The molecule has 2 aliphatic rings. The zero-order valence-electron chi connectivity index (χ0n) is 26.4. The van der Waals surface area contributed by atoms with Crippen LogP contribution in [0.25, 0.3) is 22.5 Å². The lowest BCUT2D eigenvalue weighted by atomic mass is 10.0. The molecule has 3 heterocycles. The Kier molecular flexibility index (Phi) is 9.06. The molecule has 0 aliphatic carbocycles. The molecule has 0 atom stereocenters. The third kappa shape index (κ3) is 7.11. The Morgan fingerprint density at radius 1 is 0.532 bits per heavy atom. The summed E-state index contributed by atoms with van der Waals surface area (Å²) in [5.41, 5.74) is 4.92. The molecule has 0 saturated carbocycles. The summed E-state index contributed by atoms with van der Waals surface area (Å²) >= 11 is 0. The van der Waals surface area contributed by atoms with Crippen molar-refractivity contribution in [3.8, 4) is 34.0 Å². The number of hydrogen-bond donors (Lipinski definition) is 0. The molecule has 5 aromatic rings. The second-order valence-electron chi connectivity index (χ2n) is 12.1. The molecule has 7 heteroatoms. The van der Waals surface area contributed by atoms with Crippen molar-refractivity contribution < 1.29 is 14.3 Å². The maximum absolute atomic E-state index is 13.8. The summed E-state index contributed by atoms with van der Waals surface area (Å²) in [7, 11) is 0. The van der Waals surface area contributed by atoms with Gasteiger partial charge in [0, 0.05) is 67.6 Å². The molecule has 2 aliphatic heterocycles. The van der Waals surface area contributed by atoms with Crippen LogP contribution in [0.4, 0.5) is 0 Å². The number of ether oxygens (including phenoxy) is 1. The molecule has 7 rings (SSSR count). The molecule has 0 bridgehead atoms. The predicted octanol–water partition coefficient (Wildman–Crippen LogP) is 7.27. The first-order chi connectivity index (χ1) is 23.1. The smallest absolute Gasteiger partial charge is 0.254 e. The Bertz CT molecular complexity index is 1740. The van der Waals surface area contributed by atoms with Gasteiger partial charge in [-0.2, -0.15) is 0 Å². The van der Waals surface area contributed by atoms with E-state index in [1.54, 1.807) is 0 Å². The minimum atomic E-state index is 0.0435. The van der Waals surface area contributed by atoms with Crippen LogP contribution in [0.2, 0.25) is 0 Å². The second kappa shape index (κ2) is 14.0. The molecular weight excluding hydrogens is 584 g/mol. The average molecular weight is 623 g/mol. The van der Waals surface area contributed by atoms with Crippen LogP contribution in [-0.4, -0.2) is 76.8 Å². The molecule has 2 fully saturated rings. The van der Waals surface area contributed by atoms with Crippen LogP contribution < -0.4 is 4.74 Å². The van der Waals surface area contributed by atoms with Crippen LogP contribution in [0, 0.1) is 0 Å². The number of carbonyl (C=O) groups is 2. The summed E-state index contributed by atoms with van der Waals surface area (Å²) in [6.45, 7) is 4.47. The monoisotopic (exact) mass is 622 g/mol. The van der Waals surface area contributed by atoms with Crippen LogP contribution in [0.1, 0.15) is 33.6 Å². The second-order valence-corrected chi connectivity index (χ2v) is 12.1. The number of nitrogens with zero attached hydrogens (tertiary/aromatic N) is 4. The van der Waals surface area contributed by atoms with Gasteiger partial charge >= 0.3 is 0 Å². The van der Waals surface area contributed by atoms with Crippen LogP contribution in [0.15, 0.2) is 127 Å². The third-order valence-corrected chi connectivity index (χ3v) is 9.16.